The van der Waals surface area contributed by atoms with Crippen molar-refractivity contribution in [2.45, 2.75) is 6.61 Å². The Morgan fingerprint density at radius 1 is 0.955 bits per heavy atom. The van der Waals surface area contributed by atoms with Crippen LogP contribution in [0.3, 0.4) is 0 Å². The van der Waals surface area contributed by atoms with E-state index in [0.29, 0.717) is 13.2 Å². The number of benzene rings is 2. The van der Waals surface area contributed by atoms with Crippen LogP contribution in [0.1, 0.15) is 5.56 Å². The number of aromatic nitrogens is 1. The van der Waals surface area contributed by atoms with Gasteiger partial charge in [-0.1, -0.05) is 18.2 Å². The van der Waals surface area contributed by atoms with E-state index in [1.807, 2.05) is 48.5 Å². The average molecular weight is 293 g/mol. The number of aliphatic hydroxyl groups is 1. The SMILES string of the molecule is OCc1cc2ccccc2nc1-c1ccc2c(c1)OCCO2. The first-order valence-electron chi connectivity index (χ1n) is 7.25. The van der Waals surface area contributed by atoms with E-state index in [-0.39, 0.29) is 6.61 Å². The van der Waals surface area contributed by atoms with Crippen molar-refractivity contribution < 1.29 is 14.6 Å². The molecule has 4 heteroatoms. The van der Waals surface area contributed by atoms with Gasteiger partial charge in [-0.15, -0.1) is 0 Å². The molecule has 0 saturated heterocycles. The van der Waals surface area contributed by atoms with E-state index in [2.05, 4.69) is 0 Å². The smallest absolute Gasteiger partial charge is 0.162 e. The van der Waals surface area contributed by atoms with Crippen LogP contribution in [0.15, 0.2) is 48.5 Å². The van der Waals surface area contributed by atoms with Gasteiger partial charge in [-0.05, 0) is 30.3 Å². The molecular weight excluding hydrogens is 278 g/mol. The molecule has 2 heterocycles. The lowest BCUT2D eigenvalue weighted by Crippen LogP contribution is -2.15. The van der Waals surface area contributed by atoms with Gasteiger partial charge >= 0.3 is 0 Å². The third-order valence-corrected chi connectivity index (χ3v) is 3.79. The van der Waals surface area contributed by atoms with Crippen molar-refractivity contribution in [1.82, 2.24) is 4.98 Å². The average Bonchev–Trinajstić information content (AvgIpc) is 2.60. The Morgan fingerprint density at radius 3 is 2.64 bits per heavy atom. The van der Waals surface area contributed by atoms with Crippen LogP contribution < -0.4 is 9.47 Å². The van der Waals surface area contributed by atoms with Crippen LogP contribution >= 0.6 is 0 Å². The van der Waals surface area contributed by atoms with E-state index in [4.69, 9.17) is 14.5 Å². The molecule has 1 aliphatic heterocycles. The highest BCUT2D eigenvalue weighted by atomic mass is 16.6. The Labute approximate surface area is 128 Å². The third-order valence-electron chi connectivity index (χ3n) is 3.79. The molecule has 3 aromatic rings. The number of aliphatic hydroxyl groups excluding tert-OH is 1. The first-order chi connectivity index (χ1) is 10.8. The molecule has 4 rings (SSSR count). The minimum absolute atomic E-state index is 0.0540. The Hall–Kier alpha value is -2.59. The summed E-state index contributed by atoms with van der Waals surface area (Å²) < 4.78 is 11.2. The summed E-state index contributed by atoms with van der Waals surface area (Å²) in [7, 11) is 0. The fourth-order valence-corrected chi connectivity index (χ4v) is 2.72. The van der Waals surface area contributed by atoms with Crippen LogP contribution in [0.2, 0.25) is 0 Å². The number of ether oxygens (including phenoxy) is 2. The lowest BCUT2D eigenvalue weighted by Gasteiger charge is -2.19. The van der Waals surface area contributed by atoms with Gasteiger partial charge in [0.05, 0.1) is 17.8 Å². The van der Waals surface area contributed by atoms with Gasteiger partial charge in [-0.3, -0.25) is 0 Å². The zero-order chi connectivity index (χ0) is 14.9. The van der Waals surface area contributed by atoms with Gasteiger partial charge in [0.25, 0.3) is 0 Å². The number of fused-ring (bicyclic) bond motifs is 2. The molecule has 0 radical (unpaired) electrons. The molecule has 22 heavy (non-hydrogen) atoms. The van der Waals surface area contributed by atoms with Gasteiger partial charge in [0.15, 0.2) is 11.5 Å². The van der Waals surface area contributed by atoms with E-state index >= 15 is 0 Å². The van der Waals surface area contributed by atoms with Crippen LogP contribution in [-0.4, -0.2) is 23.3 Å². The van der Waals surface area contributed by atoms with Crippen molar-refractivity contribution in [3.8, 4) is 22.8 Å². The molecule has 0 spiro atoms. The summed E-state index contributed by atoms with van der Waals surface area (Å²) in [4.78, 5) is 4.71. The molecule has 2 aromatic carbocycles. The molecule has 0 amide bonds. The first-order valence-corrected chi connectivity index (χ1v) is 7.25. The zero-order valence-electron chi connectivity index (χ0n) is 12.0. The first kappa shape index (κ1) is 13.1. The number of hydrogen-bond donors (Lipinski definition) is 1. The van der Waals surface area contributed by atoms with Gasteiger partial charge < -0.3 is 14.6 Å². The number of rotatable bonds is 2. The maximum atomic E-state index is 9.68. The second-order valence-electron chi connectivity index (χ2n) is 5.21. The molecule has 4 nitrogen and oxygen atoms in total. The summed E-state index contributed by atoms with van der Waals surface area (Å²) in [6.45, 7) is 1.07. The monoisotopic (exact) mass is 293 g/mol. The normalized spacial score (nSPS) is 13.3. The van der Waals surface area contributed by atoms with E-state index < -0.39 is 0 Å². The minimum atomic E-state index is -0.0540. The predicted molar refractivity (Wildman–Crippen MR) is 84.1 cm³/mol. The molecule has 1 aromatic heterocycles. The summed E-state index contributed by atoms with van der Waals surface area (Å²) in [5.41, 5.74) is 3.40. The van der Waals surface area contributed by atoms with Crippen LogP contribution in [0.5, 0.6) is 11.5 Å². The Balaban J connectivity index is 1.89. The van der Waals surface area contributed by atoms with Crippen molar-refractivity contribution in [1.29, 1.82) is 0 Å². The summed E-state index contributed by atoms with van der Waals surface area (Å²) >= 11 is 0. The molecule has 0 unspecified atom stereocenters. The molecule has 0 bridgehead atoms. The van der Waals surface area contributed by atoms with E-state index in [1.54, 1.807) is 0 Å². The Bertz CT molecular complexity index is 845. The fourth-order valence-electron chi connectivity index (χ4n) is 2.72. The van der Waals surface area contributed by atoms with Crippen molar-refractivity contribution >= 4 is 10.9 Å². The molecular formula is C18H15NO3. The molecule has 0 fully saturated rings. The zero-order valence-corrected chi connectivity index (χ0v) is 12.0. The maximum absolute atomic E-state index is 9.68. The van der Waals surface area contributed by atoms with E-state index in [9.17, 15) is 5.11 Å². The number of nitrogens with zero attached hydrogens (tertiary/aromatic N) is 1. The second kappa shape index (κ2) is 5.31. The van der Waals surface area contributed by atoms with Gasteiger partial charge in [0.2, 0.25) is 0 Å². The van der Waals surface area contributed by atoms with Crippen molar-refractivity contribution in [2.75, 3.05) is 13.2 Å². The maximum Gasteiger partial charge on any atom is 0.162 e. The topological polar surface area (TPSA) is 51.6 Å². The molecule has 1 N–H and O–H groups in total. The molecule has 0 atom stereocenters. The summed E-state index contributed by atoms with van der Waals surface area (Å²) in [5, 5.41) is 10.7. The van der Waals surface area contributed by atoms with Crippen molar-refractivity contribution in [2.24, 2.45) is 0 Å². The predicted octanol–water partition coefficient (Wildman–Crippen LogP) is 3.17. The van der Waals surface area contributed by atoms with E-state index in [0.717, 1.165) is 39.2 Å². The molecule has 0 aliphatic carbocycles. The van der Waals surface area contributed by atoms with Crippen LogP contribution in [0.4, 0.5) is 0 Å². The minimum Gasteiger partial charge on any atom is -0.486 e. The van der Waals surface area contributed by atoms with E-state index in [1.165, 1.54) is 0 Å². The number of para-hydroxylation sites is 1. The highest BCUT2D eigenvalue weighted by molar-refractivity contribution is 5.83. The highest BCUT2D eigenvalue weighted by Crippen LogP contribution is 2.35. The fraction of sp³-hybridized carbons (Fsp3) is 0.167. The standard InChI is InChI=1S/C18H15NO3/c20-11-14-9-12-3-1-2-4-15(12)19-18(14)13-5-6-16-17(10-13)22-8-7-21-16/h1-6,9-10,20H,7-8,11H2. The second-order valence-corrected chi connectivity index (χ2v) is 5.21. The summed E-state index contributed by atoms with van der Waals surface area (Å²) in [5.74, 6) is 1.48. The van der Waals surface area contributed by atoms with Crippen LogP contribution in [-0.2, 0) is 6.61 Å². The number of hydrogen-bond acceptors (Lipinski definition) is 4. The third kappa shape index (κ3) is 2.18. The molecule has 0 saturated carbocycles. The summed E-state index contributed by atoms with van der Waals surface area (Å²) in [6.07, 6.45) is 0. The van der Waals surface area contributed by atoms with Crippen molar-refractivity contribution in [3.63, 3.8) is 0 Å². The van der Waals surface area contributed by atoms with Crippen LogP contribution in [0, 0.1) is 0 Å². The molecule has 1 aliphatic rings. The van der Waals surface area contributed by atoms with Gasteiger partial charge in [0, 0.05) is 16.5 Å². The largest absolute Gasteiger partial charge is 0.486 e. The molecule has 110 valence electrons. The Kier molecular flexibility index (Phi) is 3.16. The van der Waals surface area contributed by atoms with Crippen molar-refractivity contribution in [3.05, 3.63) is 54.1 Å². The van der Waals surface area contributed by atoms with Gasteiger partial charge in [-0.25, -0.2) is 4.98 Å². The number of pyridine rings is 1. The summed E-state index contributed by atoms with van der Waals surface area (Å²) in [6, 6.07) is 15.6. The quantitative estimate of drug-likeness (QED) is 0.788. The lowest BCUT2D eigenvalue weighted by molar-refractivity contribution is 0.171. The highest BCUT2D eigenvalue weighted by Gasteiger charge is 2.15. The Morgan fingerprint density at radius 2 is 1.77 bits per heavy atom. The van der Waals surface area contributed by atoms with Gasteiger partial charge in [0.1, 0.15) is 13.2 Å². The van der Waals surface area contributed by atoms with Crippen LogP contribution in [0.25, 0.3) is 22.2 Å². The van der Waals surface area contributed by atoms with Gasteiger partial charge in [-0.2, -0.15) is 0 Å². The lowest BCUT2D eigenvalue weighted by atomic mass is 10.0.